The summed E-state index contributed by atoms with van der Waals surface area (Å²) in [5.41, 5.74) is 23.8. The van der Waals surface area contributed by atoms with Crippen molar-refractivity contribution in [1.29, 1.82) is 0 Å². The second-order valence-corrected chi connectivity index (χ2v) is 17.3. The summed E-state index contributed by atoms with van der Waals surface area (Å²) in [6, 6.07) is 74.7. The molecule has 0 bridgehead atoms. The Bertz CT molecular complexity index is 3210. The standard InChI is InChI=1S/C63H51N3/c1-44-15-34-62(66-43-44)53-26-22-47(23-27-53)17-19-49-39-48(18-16-46-20-24-52(25-21-46)61-14-8-9-36-64-61)40-57(41-49)60-13-7-6-12-59(60)51-28-30-54(31-29-51)63-42-56(35-37-65-63)58-33-32-55(38-45(58)2)50-10-4-3-5-11-50/h3-15,20-43H,16-19H2,1-2H3. The normalized spacial score (nSPS) is 11.1. The predicted octanol–water partition coefficient (Wildman–Crippen LogP) is 15.7. The molecular weight excluding hydrogens is 799 g/mol. The summed E-state index contributed by atoms with van der Waals surface area (Å²) in [6.07, 6.45) is 9.52. The van der Waals surface area contributed by atoms with E-state index in [1.807, 2.05) is 30.7 Å². The van der Waals surface area contributed by atoms with Crippen molar-refractivity contribution in [2.24, 2.45) is 0 Å². The molecule has 0 aliphatic rings. The zero-order valence-electron chi connectivity index (χ0n) is 37.5. The van der Waals surface area contributed by atoms with Gasteiger partial charge in [-0.1, -0.05) is 176 Å². The molecule has 66 heavy (non-hydrogen) atoms. The average molecular weight is 850 g/mol. The van der Waals surface area contributed by atoms with Gasteiger partial charge in [0.25, 0.3) is 0 Å². The van der Waals surface area contributed by atoms with Crippen LogP contribution in [0.1, 0.15) is 33.4 Å². The molecule has 3 heterocycles. The third-order valence-electron chi connectivity index (χ3n) is 12.7. The first-order valence-corrected chi connectivity index (χ1v) is 23.0. The summed E-state index contributed by atoms with van der Waals surface area (Å²) < 4.78 is 0. The van der Waals surface area contributed by atoms with E-state index in [0.717, 1.165) is 59.5 Å². The number of pyridine rings is 3. The van der Waals surface area contributed by atoms with Crippen LogP contribution in [-0.2, 0) is 25.7 Å². The molecule has 0 aliphatic heterocycles. The predicted molar refractivity (Wildman–Crippen MR) is 275 cm³/mol. The van der Waals surface area contributed by atoms with Crippen LogP contribution in [0.2, 0.25) is 0 Å². The van der Waals surface area contributed by atoms with Crippen LogP contribution in [0.15, 0.2) is 225 Å². The van der Waals surface area contributed by atoms with Gasteiger partial charge in [0.1, 0.15) is 0 Å². The van der Waals surface area contributed by atoms with E-state index in [2.05, 4.69) is 218 Å². The Morgan fingerprint density at radius 2 is 0.833 bits per heavy atom. The van der Waals surface area contributed by atoms with Crippen LogP contribution in [0.25, 0.3) is 78.3 Å². The number of rotatable bonds is 13. The molecule has 10 rings (SSSR count). The summed E-state index contributed by atoms with van der Waals surface area (Å²) in [4.78, 5) is 14.0. The molecule has 7 aromatic carbocycles. The van der Waals surface area contributed by atoms with E-state index in [-0.39, 0.29) is 0 Å². The van der Waals surface area contributed by atoms with Gasteiger partial charge < -0.3 is 0 Å². The van der Waals surface area contributed by atoms with E-state index in [9.17, 15) is 0 Å². The summed E-state index contributed by atoms with van der Waals surface area (Å²) in [6.45, 7) is 4.27. The van der Waals surface area contributed by atoms with Crippen LogP contribution in [0.4, 0.5) is 0 Å². The highest BCUT2D eigenvalue weighted by atomic mass is 14.7. The van der Waals surface area contributed by atoms with E-state index < -0.39 is 0 Å². The first-order chi connectivity index (χ1) is 32.5. The Balaban J connectivity index is 0.915. The molecule has 0 amide bonds. The Labute approximate surface area is 389 Å². The van der Waals surface area contributed by atoms with Gasteiger partial charge in [0.2, 0.25) is 0 Å². The molecule has 3 aromatic heterocycles. The number of hydrogen-bond acceptors (Lipinski definition) is 3. The van der Waals surface area contributed by atoms with E-state index in [1.165, 1.54) is 77.9 Å². The molecule has 0 atom stereocenters. The highest BCUT2D eigenvalue weighted by molar-refractivity contribution is 5.85. The molecule has 3 nitrogen and oxygen atoms in total. The van der Waals surface area contributed by atoms with Crippen molar-refractivity contribution in [1.82, 2.24) is 15.0 Å². The molecular formula is C63H51N3. The quantitative estimate of drug-likeness (QED) is 0.116. The monoisotopic (exact) mass is 849 g/mol. The van der Waals surface area contributed by atoms with Gasteiger partial charge in [0.05, 0.1) is 17.1 Å². The summed E-state index contributed by atoms with van der Waals surface area (Å²) >= 11 is 0. The van der Waals surface area contributed by atoms with Crippen molar-refractivity contribution in [3.05, 3.63) is 258 Å². The number of benzene rings is 7. The number of aromatic nitrogens is 3. The molecule has 0 saturated heterocycles. The van der Waals surface area contributed by atoms with Crippen LogP contribution >= 0.6 is 0 Å². The van der Waals surface area contributed by atoms with Crippen LogP contribution in [0.3, 0.4) is 0 Å². The van der Waals surface area contributed by atoms with Crippen molar-refractivity contribution >= 4 is 0 Å². The molecule has 0 saturated carbocycles. The van der Waals surface area contributed by atoms with E-state index in [4.69, 9.17) is 4.98 Å². The largest absolute Gasteiger partial charge is 0.256 e. The SMILES string of the molecule is Cc1ccc(-c2ccc(CCc3cc(CCc4ccc(-c5ccccn5)cc4)cc(-c4ccccc4-c4ccc(-c5cc(-c6ccc(-c7ccccc7)cc6C)ccn5)cc4)c3)cc2)nc1. The van der Waals surface area contributed by atoms with Crippen molar-refractivity contribution in [3.63, 3.8) is 0 Å². The Hall–Kier alpha value is -8.01. The van der Waals surface area contributed by atoms with Crippen LogP contribution in [0, 0.1) is 13.8 Å². The first-order valence-electron chi connectivity index (χ1n) is 23.0. The van der Waals surface area contributed by atoms with Crippen LogP contribution in [0.5, 0.6) is 0 Å². The fourth-order valence-corrected chi connectivity index (χ4v) is 9.00. The maximum Gasteiger partial charge on any atom is 0.0708 e. The lowest BCUT2D eigenvalue weighted by Gasteiger charge is -2.15. The van der Waals surface area contributed by atoms with Gasteiger partial charge in [0.15, 0.2) is 0 Å². The maximum absolute atomic E-state index is 4.83. The van der Waals surface area contributed by atoms with E-state index in [0.29, 0.717) is 0 Å². The molecule has 3 heteroatoms. The van der Waals surface area contributed by atoms with Crippen LogP contribution in [-0.4, -0.2) is 15.0 Å². The third-order valence-corrected chi connectivity index (χ3v) is 12.7. The molecule has 0 radical (unpaired) electrons. The Kier molecular flexibility index (Phi) is 12.3. The lowest BCUT2D eigenvalue weighted by Crippen LogP contribution is -1.98. The summed E-state index contributed by atoms with van der Waals surface area (Å²) in [5, 5.41) is 0. The van der Waals surface area contributed by atoms with Gasteiger partial charge in [-0.05, 0) is 148 Å². The molecule has 0 N–H and O–H groups in total. The molecule has 0 spiro atoms. The molecule has 0 unspecified atom stereocenters. The van der Waals surface area contributed by atoms with Crippen molar-refractivity contribution in [3.8, 4) is 78.3 Å². The van der Waals surface area contributed by atoms with Gasteiger partial charge in [-0.25, -0.2) is 0 Å². The fourth-order valence-electron chi connectivity index (χ4n) is 9.00. The number of hydrogen-bond donors (Lipinski definition) is 0. The van der Waals surface area contributed by atoms with E-state index >= 15 is 0 Å². The number of aryl methyl sites for hydroxylation is 6. The van der Waals surface area contributed by atoms with Gasteiger partial charge in [-0.2, -0.15) is 0 Å². The fraction of sp³-hybridized carbons (Fsp3) is 0.0952. The second kappa shape index (κ2) is 19.4. The zero-order valence-corrected chi connectivity index (χ0v) is 37.5. The van der Waals surface area contributed by atoms with Crippen molar-refractivity contribution < 1.29 is 0 Å². The molecule has 0 fully saturated rings. The molecule has 10 aromatic rings. The summed E-state index contributed by atoms with van der Waals surface area (Å²) in [7, 11) is 0. The van der Waals surface area contributed by atoms with Gasteiger partial charge in [0, 0.05) is 35.3 Å². The lowest BCUT2D eigenvalue weighted by molar-refractivity contribution is 0.931. The topological polar surface area (TPSA) is 38.7 Å². The van der Waals surface area contributed by atoms with Gasteiger partial charge in [-0.3, -0.25) is 15.0 Å². The Morgan fingerprint density at radius 1 is 0.288 bits per heavy atom. The number of nitrogens with zero attached hydrogens (tertiary/aromatic N) is 3. The zero-order chi connectivity index (χ0) is 44.7. The van der Waals surface area contributed by atoms with Crippen molar-refractivity contribution in [2.75, 3.05) is 0 Å². The van der Waals surface area contributed by atoms with Crippen molar-refractivity contribution in [2.45, 2.75) is 39.5 Å². The minimum absolute atomic E-state index is 0.946. The van der Waals surface area contributed by atoms with Crippen LogP contribution < -0.4 is 0 Å². The molecule has 318 valence electrons. The van der Waals surface area contributed by atoms with Gasteiger partial charge >= 0.3 is 0 Å². The minimum atomic E-state index is 0.946. The summed E-state index contributed by atoms with van der Waals surface area (Å²) in [5.74, 6) is 0. The molecule has 0 aliphatic carbocycles. The maximum atomic E-state index is 4.83. The van der Waals surface area contributed by atoms with Gasteiger partial charge in [-0.15, -0.1) is 0 Å². The highest BCUT2D eigenvalue weighted by Gasteiger charge is 2.13. The first kappa shape index (κ1) is 42.0. The average Bonchev–Trinajstić information content (AvgIpc) is 3.38. The smallest absolute Gasteiger partial charge is 0.0708 e. The minimum Gasteiger partial charge on any atom is -0.256 e. The third kappa shape index (κ3) is 9.72. The highest BCUT2D eigenvalue weighted by Crippen LogP contribution is 2.36. The lowest BCUT2D eigenvalue weighted by atomic mass is 9.90. The van der Waals surface area contributed by atoms with E-state index in [1.54, 1.807) is 0 Å². The second-order valence-electron chi connectivity index (χ2n) is 17.3. The Morgan fingerprint density at radius 3 is 1.45 bits per heavy atom.